The minimum Gasteiger partial charge on any atom is -0.306 e. The van der Waals surface area contributed by atoms with E-state index in [0.717, 1.165) is 72.6 Å². The number of hydrogen-bond acceptors (Lipinski definition) is 3. The van der Waals surface area contributed by atoms with E-state index in [0.29, 0.717) is 5.92 Å². The van der Waals surface area contributed by atoms with Crippen LogP contribution < -0.4 is 0 Å². The summed E-state index contributed by atoms with van der Waals surface area (Å²) in [6.07, 6.45) is 17.9. The van der Waals surface area contributed by atoms with Crippen molar-refractivity contribution in [2.24, 2.45) is 11.8 Å². The van der Waals surface area contributed by atoms with Crippen molar-refractivity contribution in [2.45, 2.75) is 47.0 Å². The van der Waals surface area contributed by atoms with Crippen LogP contribution in [0, 0.1) is 25.7 Å². The van der Waals surface area contributed by atoms with Gasteiger partial charge in [0, 0.05) is 30.4 Å². The lowest BCUT2D eigenvalue weighted by Crippen LogP contribution is -2.35. The smallest absolute Gasteiger partial charge is 0.255 e. The van der Waals surface area contributed by atoms with Gasteiger partial charge in [0.1, 0.15) is 5.65 Å². The molecule has 1 amide bonds. The lowest BCUT2D eigenvalue weighted by Gasteiger charge is -2.34. The van der Waals surface area contributed by atoms with Crippen molar-refractivity contribution in [2.75, 3.05) is 19.6 Å². The molecule has 3 aliphatic rings. The fourth-order valence-corrected chi connectivity index (χ4v) is 5.40. The molecule has 1 saturated heterocycles. The third-order valence-corrected chi connectivity index (χ3v) is 7.43. The number of rotatable bonds is 3. The van der Waals surface area contributed by atoms with Crippen LogP contribution in [0.25, 0.3) is 11.2 Å². The fourth-order valence-electron chi connectivity index (χ4n) is 5.40. The molecular formula is C28H34N4O. The second kappa shape index (κ2) is 8.79. The largest absolute Gasteiger partial charge is 0.306 e. The minimum absolute atomic E-state index is 0.0372. The first-order valence-corrected chi connectivity index (χ1v) is 12.3. The third-order valence-electron chi connectivity index (χ3n) is 7.43. The molecule has 1 fully saturated rings. The quantitative estimate of drug-likeness (QED) is 0.650. The van der Waals surface area contributed by atoms with Gasteiger partial charge in [-0.25, -0.2) is 4.98 Å². The summed E-state index contributed by atoms with van der Waals surface area (Å²) in [7, 11) is 0. The Labute approximate surface area is 196 Å². The molecule has 5 heterocycles. The van der Waals surface area contributed by atoms with Gasteiger partial charge in [0.15, 0.2) is 0 Å². The van der Waals surface area contributed by atoms with Crippen LogP contribution in [0.3, 0.4) is 0 Å². The number of nitrogens with zero attached hydrogens (tertiary/aromatic N) is 4. The summed E-state index contributed by atoms with van der Waals surface area (Å²) < 4.78 is 2.09. The Balaban J connectivity index is 1.46. The van der Waals surface area contributed by atoms with Crippen molar-refractivity contribution in [1.82, 2.24) is 19.2 Å². The maximum absolute atomic E-state index is 13.5. The highest BCUT2D eigenvalue weighted by atomic mass is 16.2. The average Bonchev–Trinajstić information content (AvgIpc) is 3.21. The number of aryl methyl sites for hydroxylation is 2. The molecule has 0 radical (unpaired) electrons. The summed E-state index contributed by atoms with van der Waals surface area (Å²) in [6, 6.07) is 2.17. The van der Waals surface area contributed by atoms with E-state index in [4.69, 9.17) is 0 Å². The number of likely N-dealkylation sites (tertiary alicyclic amines) is 1. The van der Waals surface area contributed by atoms with Gasteiger partial charge in [-0.2, -0.15) is 0 Å². The first-order chi connectivity index (χ1) is 15.9. The van der Waals surface area contributed by atoms with Gasteiger partial charge >= 0.3 is 0 Å². The van der Waals surface area contributed by atoms with Crippen LogP contribution >= 0.6 is 0 Å². The number of imidazole rings is 1. The molecule has 0 aromatic carbocycles. The number of carbonyl (C=O) groups excluding carboxylic acids is 1. The molecular weight excluding hydrogens is 408 g/mol. The summed E-state index contributed by atoms with van der Waals surface area (Å²) in [4.78, 5) is 22.5. The first-order valence-electron chi connectivity index (χ1n) is 12.3. The number of fused-ring (bicyclic) bond motifs is 2. The summed E-state index contributed by atoms with van der Waals surface area (Å²) in [5, 5.41) is 0. The Morgan fingerprint density at radius 2 is 1.91 bits per heavy atom. The fraction of sp³-hybridized carbons (Fsp3) is 0.429. The third kappa shape index (κ3) is 4.22. The van der Waals surface area contributed by atoms with E-state index in [1.807, 2.05) is 24.1 Å². The maximum Gasteiger partial charge on any atom is 0.255 e. The zero-order valence-electron chi connectivity index (χ0n) is 20.2. The molecule has 0 aliphatic carbocycles. The second-order valence-corrected chi connectivity index (χ2v) is 9.77. The number of hydrogen-bond donors (Lipinski definition) is 0. The highest BCUT2D eigenvalue weighted by Crippen LogP contribution is 2.34. The molecule has 0 spiro atoms. The molecule has 33 heavy (non-hydrogen) atoms. The highest BCUT2D eigenvalue weighted by molar-refractivity contribution is 5.98. The highest BCUT2D eigenvalue weighted by Gasteiger charge is 2.27. The normalized spacial score (nSPS) is 22.5. The Kier molecular flexibility index (Phi) is 5.83. The molecule has 5 rings (SSSR count). The Hall–Kier alpha value is -2.92. The van der Waals surface area contributed by atoms with Crippen molar-refractivity contribution >= 4 is 17.1 Å². The number of pyridine rings is 1. The van der Waals surface area contributed by atoms with Crippen LogP contribution in [-0.2, 0) is 4.79 Å². The van der Waals surface area contributed by atoms with Crippen molar-refractivity contribution in [3.05, 3.63) is 77.1 Å². The van der Waals surface area contributed by atoms with E-state index in [1.54, 1.807) is 0 Å². The van der Waals surface area contributed by atoms with Gasteiger partial charge in [0.25, 0.3) is 5.91 Å². The first kappa shape index (κ1) is 21.9. The predicted octanol–water partition coefficient (Wildman–Crippen LogP) is 5.27. The number of allylic oxidation sites excluding steroid dienone is 5. The van der Waals surface area contributed by atoms with Crippen LogP contribution in [0.1, 0.15) is 49.9 Å². The Morgan fingerprint density at radius 3 is 2.67 bits per heavy atom. The zero-order valence-corrected chi connectivity index (χ0v) is 20.2. The van der Waals surface area contributed by atoms with Crippen molar-refractivity contribution < 1.29 is 4.79 Å². The van der Waals surface area contributed by atoms with Gasteiger partial charge in [-0.05, 0) is 99.0 Å². The monoisotopic (exact) mass is 442 g/mol. The molecule has 2 aromatic heterocycles. The van der Waals surface area contributed by atoms with E-state index in [-0.39, 0.29) is 11.8 Å². The average molecular weight is 443 g/mol. The molecule has 5 nitrogen and oxygen atoms in total. The van der Waals surface area contributed by atoms with Crippen molar-refractivity contribution in [3.63, 3.8) is 0 Å². The molecule has 172 valence electrons. The summed E-state index contributed by atoms with van der Waals surface area (Å²) in [6.45, 7) is 11.9. The van der Waals surface area contributed by atoms with Gasteiger partial charge in [-0.3, -0.25) is 9.69 Å². The topological polar surface area (TPSA) is 40.8 Å². The Morgan fingerprint density at radius 1 is 1.12 bits per heavy atom. The number of piperidine rings is 1. The lowest BCUT2D eigenvalue weighted by atomic mass is 9.86. The van der Waals surface area contributed by atoms with Crippen molar-refractivity contribution in [1.29, 1.82) is 0 Å². The molecule has 0 saturated carbocycles. The molecule has 5 heteroatoms. The van der Waals surface area contributed by atoms with E-state index in [9.17, 15) is 4.79 Å². The maximum atomic E-state index is 13.5. The SMILES string of the molecule is CCN1CCC(C2=CN3C(=O)C=C(c4cc(C)c5nc(C)cn5c4)C(C)CC=C3C=C2)CC1. The van der Waals surface area contributed by atoms with E-state index in [1.165, 1.54) is 5.57 Å². The summed E-state index contributed by atoms with van der Waals surface area (Å²) in [5.41, 5.74) is 7.57. The predicted molar refractivity (Wildman–Crippen MR) is 133 cm³/mol. The summed E-state index contributed by atoms with van der Waals surface area (Å²) in [5.74, 6) is 0.818. The van der Waals surface area contributed by atoms with Crippen LogP contribution in [0.4, 0.5) is 0 Å². The minimum atomic E-state index is 0.0372. The molecule has 1 unspecified atom stereocenters. The van der Waals surface area contributed by atoms with Crippen LogP contribution in [0.15, 0.2) is 60.2 Å². The Bertz CT molecular complexity index is 1200. The zero-order chi connectivity index (χ0) is 23.1. The van der Waals surface area contributed by atoms with Gasteiger partial charge < -0.3 is 9.30 Å². The van der Waals surface area contributed by atoms with Gasteiger partial charge in [-0.15, -0.1) is 0 Å². The van der Waals surface area contributed by atoms with Gasteiger partial charge in [0.2, 0.25) is 0 Å². The molecule has 0 N–H and O–H groups in total. The number of aromatic nitrogens is 2. The van der Waals surface area contributed by atoms with Gasteiger partial charge in [-0.1, -0.05) is 26.0 Å². The number of carbonyl (C=O) groups is 1. The van der Waals surface area contributed by atoms with E-state index in [2.05, 4.69) is 71.7 Å². The molecule has 3 aliphatic heterocycles. The second-order valence-electron chi connectivity index (χ2n) is 9.77. The molecule has 0 bridgehead atoms. The summed E-state index contributed by atoms with van der Waals surface area (Å²) >= 11 is 0. The van der Waals surface area contributed by atoms with Crippen molar-refractivity contribution in [3.8, 4) is 0 Å². The lowest BCUT2D eigenvalue weighted by molar-refractivity contribution is -0.122. The standard InChI is InChI=1S/C28H34N4O/c1-5-30-12-10-22(11-13-30)23-7-9-25-8-6-19(2)26(15-27(33)32(25)18-23)24-14-20(3)28-29-21(4)16-31(28)17-24/h7-9,14-19,22H,5-6,10-13H2,1-4H3. The van der Waals surface area contributed by atoms with E-state index < -0.39 is 0 Å². The van der Waals surface area contributed by atoms with Crippen LogP contribution in [0.5, 0.6) is 0 Å². The van der Waals surface area contributed by atoms with Gasteiger partial charge in [0.05, 0.1) is 5.69 Å². The van der Waals surface area contributed by atoms with Crippen LogP contribution in [-0.4, -0.2) is 44.7 Å². The molecule has 2 aromatic rings. The molecule has 1 atom stereocenters. The van der Waals surface area contributed by atoms with Crippen LogP contribution in [0.2, 0.25) is 0 Å². The van der Waals surface area contributed by atoms with E-state index >= 15 is 0 Å². The number of amides is 1.